The van der Waals surface area contributed by atoms with Crippen molar-refractivity contribution in [2.75, 3.05) is 0 Å². The van der Waals surface area contributed by atoms with Crippen LogP contribution < -0.4 is 5.73 Å². The zero-order valence-corrected chi connectivity index (χ0v) is 12.3. The van der Waals surface area contributed by atoms with E-state index in [4.69, 9.17) is 5.73 Å². The van der Waals surface area contributed by atoms with Crippen molar-refractivity contribution in [1.29, 1.82) is 0 Å². The highest BCUT2D eigenvalue weighted by atomic mass is 15.1. The molecule has 0 atom stereocenters. The van der Waals surface area contributed by atoms with Crippen LogP contribution in [0.25, 0.3) is 0 Å². The molecule has 0 bridgehead atoms. The highest BCUT2D eigenvalue weighted by Crippen LogP contribution is 2.12. The van der Waals surface area contributed by atoms with Crippen LogP contribution >= 0.6 is 0 Å². The summed E-state index contributed by atoms with van der Waals surface area (Å²) in [5.41, 5.74) is 9.02. The van der Waals surface area contributed by atoms with Crippen LogP contribution in [0.1, 0.15) is 30.8 Å². The first-order valence-corrected chi connectivity index (χ1v) is 7.12. The van der Waals surface area contributed by atoms with Gasteiger partial charge in [0, 0.05) is 25.7 Å². The maximum Gasteiger partial charge on any atom is 0.0548 e. The highest BCUT2D eigenvalue weighted by molar-refractivity contribution is 5.15. The van der Waals surface area contributed by atoms with E-state index in [1.807, 2.05) is 12.1 Å². The lowest BCUT2D eigenvalue weighted by atomic mass is 10.1. The van der Waals surface area contributed by atoms with Crippen LogP contribution in [0, 0.1) is 0 Å². The number of rotatable bonds is 6. The van der Waals surface area contributed by atoms with Crippen molar-refractivity contribution in [3.05, 3.63) is 65.5 Å². The minimum Gasteiger partial charge on any atom is -0.325 e. The molecule has 0 aliphatic rings. The molecule has 0 unspecified atom stereocenters. The lowest BCUT2D eigenvalue weighted by Gasteiger charge is -2.26. The predicted octanol–water partition coefficient (Wildman–Crippen LogP) is 2.95. The summed E-state index contributed by atoms with van der Waals surface area (Å²) < 4.78 is 0. The standard InChI is InChI=1S/C17H23N3/c1-14(2)20(12-15-7-4-3-5-8-15)13-17-10-6-9-16(11-18)19-17/h3-10,14H,11-13,18H2,1-2H3. The third kappa shape index (κ3) is 4.15. The fourth-order valence-corrected chi connectivity index (χ4v) is 2.18. The van der Waals surface area contributed by atoms with Gasteiger partial charge in [0.2, 0.25) is 0 Å². The number of nitrogens with zero attached hydrogens (tertiary/aromatic N) is 2. The van der Waals surface area contributed by atoms with E-state index in [0.29, 0.717) is 12.6 Å². The Morgan fingerprint density at radius 3 is 2.30 bits per heavy atom. The Hall–Kier alpha value is -1.71. The lowest BCUT2D eigenvalue weighted by molar-refractivity contribution is 0.201. The molecule has 0 fully saturated rings. The van der Waals surface area contributed by atoms with Crippen molar-refractivity contribution in [1.82, 2.24) is 9.88 Å². The summed E-state index contributed by atoms with van der Waals surface area (Å²) in [5.74, 6) is 0. The molecular formula is C17H23N3. The van der Waals surface area contributed by atoms with Crippen LogP contribution in [0.15, 0.2) is 48.5 Å². The van der Waals surface area contributed by atoms with Gasteiger partial charge in [0.25, 0.3) is 0 Å². The summed E-state index contributed by atoms with van der Waals surface area (Å²) in [6.45, 7) is 6.72. The van der Waals surface area contributed by atoms with Crippen LogP contribution in [-0.2, 0) is 19.6 Å². The van der Waals surface area contributed by atoms with Gasteiger partial charge in [0.15, 0.2) is 0 Å². The zero-order chi connectivity index (χ0) is 14.4. The van der Waals surface area contributed by atoms with Gasteiger partial charge in [0.05, 0.1) is 11.4 Å². The molecule has 1 aromatic heterocycles. The average Bonchev–Trinajstić information content (AvgIpc) is 2.48. The van der Waals surface area contributed by atoms with Crippen molar-refractivity contribution in [3.8, 4) is 0 Å². The van der Waals surface area contributed by atoms with Gasteiger partial charge in [-0.2, -0.15) is 0 Å². The Morgan fingerprint density at radius 2 is 1.65 bits per heavy atom. The van der Waals surface area contributed by atoms with E-state index in [2.05, 4.69) is 60.1 Å². The van der Waals surface area contributed by atoms with E-state index in [-0.39, 0.29) is 0 Å². The maximum atomic E-state index is 5.66. The number of pyridine rings is 1. The highest BCUT2D eigenvalue weighted by Gasteiger charge is 2.11. The van der Waals surface area contributed by atoms with Gasteiger partial charge in [-0.05, 0) is 31.5 Å². The van der Waals surface area contributed by atoms with E-state index in [9.17, 15) is 0 Å². The Balaban J connectivity index is 2.09. The van der Waals surface area contributed by atoms with E-state index >= 15 is 0 Å². The third-order valence-corrected chi connectivity index (χ3v) is 3.40. The van der Waals surface area contributed by atoms with Crippen LogP contribution in [0.2, 0.25) is 0 Å². The van der Waals surface area contributed by atoms with Gasteiger partial charge in [-0.3, -0.25) is 9.88 Å². The summed E-state index contributed by atoms with van der Waals surface area (Å²) in [4.78, 5) is 7.00. The minimum atomic E-state index is 0.471. The average molecular weight is 269 g/mol. The molecule has 0 amide bonds. The normalized spacial score (nSPS) is 11.2. The summed E-state index contributed by atoms with van der Waals surface area (Å²) in [7, 11) is 0. The molecule has 1 heterocycles. The molecular weight excluding hydrogens is 246 g/mol. The molecule has 0 aliphatic heterocycles. The smallest absolute Gasteiger partial charge is 0.0548 e. The first kappa shape index (κ1) is 14.7. The number of benzene rings is 1. The second-order valence-electron chi connectivity index (χ2n) is 5.31. The molecule has 0 radical (unpaired) electrons. The van der Waals surface area contributed by atoms with Gasteiger partial charge in [-0.25, -0.2) is 0 Å². The lowest BCUT2D eigenvalue weighted by Crippen LogP contribution is -2.30. The molecule has 0 saturated heterocycles. The first-order valence-electron chi connectivity index (χ1n) is 7.12. The van der Waals surface area contributed by atoms with Crippen LogP contribution in [0.3, 0.4) is 0 Å². The fourth-order valence-electron chi connectivity index (χ4n) is 2.18. The summed E-state index contributed by atoms with van der Waals surface area (Å²) in [5, 5.41) is 0. The van der Waals surface area contributed by atoms with E-state index in [1.165, 1.54) is 5.56 Å². The quantitative estimate of drug-likeness (QED) is 0.876. The van der Waals surface area contributed by atoms with Gasteiger partial charge < -0.3 is 5.73 Å². The monoisotopic (exact) mass is 269 g/mol. The number of nitrogens with two attached hydrogens (primary N) is 1. The van der Waals surface area contributed by atoms with Crippen molar-refractivity contribution < 1.29 is 0 Å². The molecule has 106 valence electrons. The zero-order valence-electron chi connectivity index (χ0n) is 12.3. The number of hydrogen-bond acceptors (Lipinski definition) is 3. The molecule has 2 rings (SSSR count). The summed E-state index contributed by atoms with van der Waals surface area (Å²) >= 11 is 0. The molecule has 0 saturated carbocycles. The van der Waals surface area contributed by atoms with Crippen LogP contribution in [0.4, 0.5) is 0 Å². The van der Waals surface area contributed by atoms with Crippen LogP contribution in [-0.4, -0.2) is 15.9 Å². The van der Waals surface area contributed by atoms with E-state index in [1.54, 1.807) is 0 Å². The van der Waals surface area contributed by atoms with E-state index < -0.39 is 0 Å². The SMILES string of the molecule is CC(C)N(Cc1ccccc1)Cc1cccc(CN)n1. The first-order chi connectivity index (χ1) is 9.69. The van der Waals surface area contributed by atoms with Crippen molar-refractivity contribution in [2.24, 2.45) is 5.73 Å². The number of hydrogen-bond donors (Lipinski definition) is 1. The van der Waals surface area contributed by atoms with Gasteiger partial charge >= 0.3 is 0 Å². The Bertz CT molecular complexity index is 523. The minimum absolute atomic E-state index is 0.471. The third-order valence-electron chi connectivity index (χ3n) is 3.40. The second kappa shape index (κ2) is 7.17. The Kier molecular flexibility index (Phi) is 5.27. The van der Waals surface area contributed by atoms with Crippen molar-refractivity contribution in [2.45, 2.75) is 39.5 Å². The predicted molar refractivity (Wildman–Crippen MR) is 83.0 cm³/mol. The van der Waals surface area contributed by atoms with Crippen molar-refractivity contribution in [3.63, 3.8) is 0 Å². The largest absolute Gasteiger partial charge is 0.325 e. The maximum absolute atomic E-state index is 5.66. The van der Waals surface area contributed by atoms with Gasteiger partial charge in [-0.1, -0.05) is 36.4 Å². The van der Waals surface area contributed by atoms with Gasteiger partial charge in [-0.15, -0.1) is 0 Å². The molecule has 0 aliphatic carbocycles. The van der Waals surface area contributed by atoms with Crippen LogP contribution in [0.5, 0.6) is 0 Å². The topological polar surface area (TPSA) is 42.1 Å². The Morgan fingerprint density at radius 1 is 0.950 bits per heavy atom. The molecule has 1 aromatic carbocycles. The fraction of sp³-hybridized carbons (Fsp3) is 0.353. The second-order valence-corrected chi connectivity index (χ2v) is 5.31. The summed E-state index contributed by atoms with van der Waals surface area (Å²) in [6, 6.07) is 17.1. The molecule has 3 heteroatoms. The number of aromatic nitrogens is 1. The molecule has 2 aromatic rings. The van der Waals surface area contributed by atoms with E-state index in [0.717, 1.165) is 24.5 Å². The molecule has 20 heavy (non-hydrogen) atoms. The molecule has 2 N–H and O–H groups in total. The van der Waals surface area contributed by atoms with Crippen molar-refractivity contribution >= 4 is 0 Å². The molecule has 0 spiro atoms. The molecule has 3 nitrogen and oxygen atoms in total. The van der Waals surface area contributed by atoms with Gasteiger partial charge in [0.1, 0.15) is 0 Å². The summed E-state index contributed by atoms with van der Waals surface area (Å²) in [6.07, 6.45) is 0. The Labute approximate surface area is 121 Å².